The standard InChI is InChI=1S/C23H36N4O2.HI/c1-3-24-22(25-17-18(2)27-12-14-28-15-13-27)26-20-16-23(10-6-7-11-23)29-21-9-5-4-8-19(20)21;/h4-5,8-9,18,20H,3,6-7,10-17H2,1-2H3,(H2,24,25,26);1H. The van der Waals surface area contributed by atoms with Crippen molar-refractivity contribution >= 4 is 29.9 Å². The van der Waals surface area contributed by atoms with Crippen molar-refractivity contribution in [2.24, 2.45) is 4.99 Å². The van der Waals surface area contributed by atoms with Crippen LogP contribution in [-0.2, 0) is 4.74 Å². The summed E-state index contributed by atoms with van der Waals surface area (Å²) >= 11 is 0. The fraction of sp³-hybridized carbons (Fsp3) is 0.696. The molecule has 2 aliphatic heterocycles. The van der Waals surface area contributed by atoms with Gasteiger partial charge >= 0.3 is 0 Å². The molecule has 0 amide bonds. The van der Waals surface area contributed by atoms with E-state index in [0.29, 0.717) is 6.04 Å². The summed E-state index contributed by atoms with van der Waals surface area (Å²) in [6.45, 7) is 9.67. The molecule has 30 heavy (non-hydrogen) atoms. The summed E-state index contributed by atoms with van der Waals surface area (Å²) in [5, 5.41) is 7.19. The Bertz CT molecular complexity index is 702. The lowest BCUT2D eigenvalue weighted by Crippen LogP contribution is -2.47. The third-order valence-electron chi connectivity index (χ3n) is 6.55. The van der Waals surface area contributed by atoms with Crippen molar-refractivity contribution in [2.45, 2.75) is 63.6 Å². The maximum Gasteiger partial charge on any atom is 0.191 e. The number of ether oxygens (including phenoxy) is 2. The molecule has 0 bridgehead atoms. The number of fused-ring (bicyclic) bond motifs is 1. The number of hydrogen-bond donors (Lipinski definition) is 2. The smallest absolute Gasteiger partial charge is 0.191 e. The third-order valence-corrected chi connectivity index (χ3v) is 6.55. The molecule has 1 aromatic rings. The Morgan fingerprint density at radius 3 is 2.70 bits per heavy atom. The zero-order valence-electron chi connectivity index (χ0n) is 18.4. The Balaban J connectivity index is 0.00000256. The molecule has 1 spiro atoms. The third kappa shape index (κ3) is 5.59. The van der Waals surface area contributed by atoms with Gasteiger partial charge in [-0.3, -0.25) is 9.89 Å². The summed E-state index contributed by atoms with van der Waals surface area (Å²) in [5.41, 5.74) is 1.24. The minimum atomic E-state index is -0.00949. The fourth-order valence-corrected chi connectivity index (χ4v) is 4.91. The van der Waals surface area contributed by atoms with Gasteiger partial charge in [0.2, 0.25) is 0 Å². The normalized spacial score (nSPS) is 24.5. The van der Waals surface area contributed by atoms with Crippen LogP contribution in [0.5, 0.6) is 5.75 Å². The Morgan fingerprint density at radius 2 is 1.97 bits per heavy atom. The number of nitrogens with one attached hydrogen (secondary N) is 2. The van der Waals surface area contributed by atoms with Crippen LogP contribution in [0.25, 0.3) is 0 Å². The molecule has 2 heterocycles. The first-order valence-corrected chi connectivity index (χ1v) is 11.3. The molecule has 168 valence electrons. The number of benzene rings is 1. The summed E-state index contributed by atoms with van der Waals surface area (Å²) in [6, 6.07) is 9.14. The highest BCUT2D eigenvalue weighted by Gasteiger charge is 2.43. The number of hydrogen-bond acceptors (Lipinski definition) is 4. The van der Waals surface area contributed by atoms with E-state index >= 15 is 0 Å². The quantitative estimate of drug-likeness (QED) is 0.347. The van der Waals surface area contributed by atoms with E-state index in [-0.39, 0.29) is 35.6 Å². The van der Waals surface area contributed by atoms with E-state index in [1.807, 2.05) is 0 Å². The predicted molar refractivity (Wildman–Crippen MR) is 132 cm³/mol. The van der Waals surface area contributed by atoms with Gasteiger partial charge in [0.1, 0.15) is 11.4 Å². The zero-order chi connectivity index (χ0) is 20.1. The molecular formula is C23H37IN4O2. The van der Waals surface area contributed by atoms with Gasteiger partial charge in [0.25, 0.3) is 0 Å². The van der Waals surface area contributed by atoms with Crippen molar-refractivity contribution < 1.29 is 9.47 Å². The monoisotopic (exact) mass is 528 g/mol. The number of para-hydroxylation sites is 1. The maximum atomic E-state index is 6.51. The van der Waals surface area contributed by atoms with Crippen LogP contribution in [-0.4, -0.2) is 61.9 Å². The van der Waals surface area contributed by atoms with Gasteiger partial charge in [-0.15, -0.1) is 24.0 Å². The van der Waals surface area contributed by atoms with Crippen LogP contribution in [0.2, 0.25) is 0 Å². The van der Waals surface area contributed by atoms with E-state index in [4.69, 9.17) is 14.5 Å². The molecule has 6 nitrogen and oxygen atoms in total. The van der Waals surface area contributed by atoms with Crippen molar-refractivity contribution in [3.8, 4) is 5.75 Å². The zero-order valence-corrected chi connectivity index (χ0v) is 20.7. The predicted octanol–water partition coefficient (Wildman–Crippen LogP) is 3.72. The van der Waals surface area contributed by atoms with Crippen LogP contribution >= 0.6 is 24.0 Å². The lowest BCUT2D eigenvalue weighted by molar-refractivity contribution is 0.0220. The van der Waals surface area contributed by atoms with E-state index in [0.717, 1.165) is 70.4 Å². The summed E-state index contributed by atoms with van der Waals surface area (Å²) in [5.74, 6) is 1.94. The second kappa shape index (κ2) is 11.0. The molecule has 2 fully saturated rings. The average Bonchev–Trinajstić information content (AvgIpc) is 3.19. The number of rotatable bonds is 5. The summed E-state index contributed by atoms with van der Waals surface area (Å²) in [6.07, 6.45) is 5.84. The van der Waals surface area contributed by atoms with E-state index in [2.05, 4.69) is 53.6 Å². The molecule has 2 unspecified atom stereocenters. The highest BCUT2D eigenvalue weighted by Crippen LogP contribution is 2.46. The molecule has 4 rings (SSSR count). The molecule has 0 radical (unpaired) electrons. The van der Waals surface area contributed by atoms with Crippen LogP contribution in [0.15, 0.2) is 29.3 Å². The van der Waals surface area contributed by atoms with Crippen molar-refractivity contribution in [2.75, 3.05) is 39.4 Å². The molecule has 2 atom stereocenters. The van der Waals surface area contributed by atoms with Gasteiger partial charge in [0, 0.05) is 37.7 Å². The number of aliphatic imine (C=N–C) groups is 1. The van der Waals surface area contributed by atoms with Crippen molar-refractivity contribution in [3.05, 3.63) is 29.8 Å². The SMILES string of the molecule is CCNC(=NCC(C)N1CCOCC1)NC1CC2(CCCC2)Oc2ccccc21.I. The van der Waals surface area contributed by atoms with Crippen molar-refractivity contribution in [3.63, 3.8) is 0 Å². The summed E-state index contributed by atoms with van der Waals surface area (Å²) < 4.78 is 12.0. The Kier molecular flexibility index (Phi) is 8.65. The molecule has 1 saturated carbocycles. The maximum absolute atomic E-state index is 6.51. The molecular weight excluding hydrogens is 491 g/mol. The van der Waals surface area contributed by atoms with Gasteiger partial charge in [0.15, 0.2) is 5.96 Å². The van der Waals surface area contributed by atoms with E-state index in [1.54, 1.807) is 0 Å². The second-order valence-electron chi connectivity index (χ2n) is 8.65. The second-order valence-corrected chi connectivity index (χ2v) is 8.65. The molecule has 3 aliphatic rings. The number of guanidine groups is 1. The van der Waals surface area contributed by atoms with E-state index in [1.165, 1.54) is 18.4 Å². The largest absolute Gasteiger partial charge is 0.487 e. The minimum absolute atomic E-state index is 0. The fourth-order valence-electron chi connectivity index (χ4n) is 4.91. The molecule has 7 heteroatoms. The molecule has 1 aliphatic carbocycles. The number of nitrogens with zero attached hydrogens (tertiary/aromatic N) is 2. The van der Waals surface area contributed by atoms with Crippen LogP contribution in [0.3, 0.4) is 0 Å². The lowest BCUT2D eigenvalue weighted by atomic mass is 9.86. The minimum Gasteiger partial charge on any atom is -0.487 e. The van der Waals surface area contributed by atoms with Gasteiger partial charge < -0.3 is 20.1 Å². The van der Waals surface area contributed by atoms with Crippen LogP contribution in [0.4, 0.5) is 0 Å². The Morgan fingerprint density at radius 1 is 1.23 bits per heavy atom. The average molecular weight is 528 g/mol. The van der Waals surface area contributed by atoms with Crippen LogP contribution in [0, 0.1) is 0 Å². The van der Waals surface area contributed by atoms with Gasteiger partial charge in [-0.2, -0.15) is 0 Å². The highest BCUT2D eigenvalue weighted by atomic mass is 127. The van der Waals surface area contributed by atoms with Gasteiger partial charge in [-0.25, -0.2) is 0 Å². The lowest BCUT2D eigenvalue weighted by Gasteiger charge is -2.40. The Hall–Kier alpha value is -1.06. The van der Waals surface area contributed by atoms with Gasteiger partial charge in [-0.1, -0.05) is 18.2 Å². The first-order valence-electron chi connectivity index (χ1n) is 11.3. The van der Waals surface area contributed by atoms with E-state index < -0.39 is 0 Å². The first kappa shape index (κ1) is 23.6. The highest BCUT2D eigenvalue weighted by molar-refractivity contribution is 14.0. The molecule has 2 N–H and O–H groups in total. The van der Waals surface area contributed by atoms with Crippen LogP contribution < -0.4 is 15.4 Å². The van der Waals surface area contributed by atoms with Crippen molar-refractivity contribution in [1.82, 2.24) is 15.5 Å². The molecule has 1 aromatic carbocycles. The molecule has 1 saturated heterocycles. The molecule has 0 aromatic heterocycles. The Labute approximate surface area is 198 Å². The van der Waals surface area contributed by atoms with E-state index in [9.17, 15) is 0 Å². The van der Waals surface area contributed by atoms with Crippen LogP contribution in [0.1, 0.15) is 57.6 Å². The van der Waals surface area contributed by atoms with Crippen molar-refractivity contribution in [1.29, 1.82) is 0 Å². The number of morpholine rings is 1. The topological polar surface area (TPSA) is 58.1 Å². The number of halogens is 1. The van der Waals surface area contributed by atoms with Gasteiger partial charge in [-0.05, 0) is 45.6 Å². The first-order chi connectivity index (χ1) is 14.2. The van der Waals surface area contributed by atoms with Gasteiger partial charge in [0.05, 0.1) is 25.8 Å². The summed E-state index contributed by atoms with van der Waals surface area (Å²) in [4.78, 5) is 7.41. The summed E-state index contributed by atoms with van der Waals surface area (Å²) in [7, 11) is 0.